The van der Waals surface area contributed by atoms with Gasteiger partial charge in [-0.2, -0.15) is 5.10 Å². The van der Waals surface area contributed by atoms with E-state index in [0.717, 1.165) is 16.7 Å². The number of nitrogens with two attached hydrogens (primary N) is 1. The molecular formula is C9H12N4. The SMILES string of the molecule is CC(C)n1ncc2c(N)ccnc21. The first-order valence-electron chi connectivity index (χ1n) is 4.28. The lowest BCUT2D eigenvalue weighted by molar-refractivity contribution is 0.546. The van der Waals surface area contributed by atoms with Gasteiger partial charge >= 0.3 is 0 Å². The second-order valence-corrected chi connectivity index (χ2v) is 3.32. The van der Waals surface area contributed by atoms with Gasteiger partial charge in [-0.1, -0.05) is 0 Å². The fourth-order valence-electron chi connectivity index (χ4n) is 1.34. The minimum absolute atomic E-state index is 0.312. The lowest BCUT2D eigenvalue weighted by atomic mass is 10.3. The van der Waals surface area contributed by atoms with Crippen LogP contribution in [0.2, 0.25) is 0 Å². The van der Waals surface area contributed by atoms with Gasteiger partial charge in [0.25, 0.3) is 0 Å². The van der Waals surface area contributed by atoms with Crippen LogP contribution < -0.4 is 5.73 Å². The van der Waals surface area contributed by atoms with E-state index < -0.39 is 0 Å². The highest BCUT2D eigenvalue weighted by molar-refractivity contribution is 5.87. The Kier molecular flexibility index (Phi) is 1.69. The van der Waals surface area contributed by atoms with E-state index in [4.69, 9.17) is 5.73 Å². The second-order valence-electron chi connectivity index (χ2n) is 3.32. The van der Waals surface area contributed by atoms with E-state index in [1.807, 2.05) is 4.68 Å². The van der Waals surface area contributed by atoms with E-state index >= 15 is 0 Å². The Morgan fingerprint density at radius 2 is 2.23 bits per heavy atom. The highest BCUT2D eigenvalue weighted by Crippen LogP contribution is 2.20. The van der Waals surface area contributed by atoms with E-state index in [1.54, 1.807) is 18.5 Å². The van der Waals surface area contributed by atoms with E-state index in [-0.39, 0.29) is 0 Å². The van der Waals surface area contributed by atoms with Crippen molar-refractivity contribution >= 4 is 16.7 Å². The lowest BCUT2D eigenvalue weighted by Crippen LogP contribution is -2.03. The van der Waals surface area contributed by atoms with Gasteiger partial charge < -0.3 is 5.73 Å². The molecule has 2 N–H and O–H groups in total. The zero-order valence-corrected chi connectivity index (χ0v) is 7.73. The summed E-state index contributed by atoms with van der Waals surface area (Å²) in [7, 11) is 0. The molecular weight excluding hydrogens is 164 g/mol. The number of fused-ring (bicyclic) bond motifs is 1. The fourth-order valence-corrected chi connectivity index (χ4v) is 1.34. The Hall–Kier alpha value is -1.58. The van der Waals surface area contributed by atoms with Gasteiger partial charge in [0.15, 0.2) is 5.65 Å². The Bertz CT molecular complexity index is 430. The predicted molar refractivity (Wildman–Crippen MR) is 52.3 cm³/mol. The van der Waals surface area contributed by atoms with Gasteiger partial charge in [0.2, 0.25) is 0 Å². The summed E-state index contributed by atoms with van der Waals surface area (Å²) in [5, 5.41) is 5.16. The third-order valence-electron chi connectivity index (χ3n) is 2.02. The number of nitrogen functional groups attached to an aromatic ring is 1. The van der Waals surface area contributed by atoms with Crippen LogP contribution in [0.5, 0.6) is 0 Å². The van der Waals surface area contributed by atoms with Gasteiger partial charge in [0, 0.05) is 17.9 Å². The Labute approximate surface area is 76.4 Å². The van der Waals surface area contributed by atoms with E-state index in [2.05, 4.69) is 23.9 Å². The molecule has 0 aromatic carbocycles. The fraction of sp³-hybridized carbons (Fsp3) is 0.333. The largest absolute Gasteiger partial charge is 0.398 e. The topological polar surface area (TPSA) is 56.7 Å². The maximum atomic E-state index is 5.78. The summed E-state index contributed by atoms with van der Waals surface area (Å²) in [6.07, 6.45) is 3.47. The molecule has 0 bridgehead atoms. The lowest BCUT2D eigenvalue weighted by Gasteiger charge is -2.05. The van der Waals surface area contributed by atoms with Crippen molar-refractivity contribution in [2.45, 2.75) is 19.9 Å². The van der Waals surface area contributed by atoms with Crippen LogP contribution in [0, 0.1) is 0 Å². The molecule has 4 heteroatoms. The maximum Gasteiger partial charge on any atom is 0.160 e. The zero-order chi connectivity index (χ0) is 9.42. The van der Waals surface area contributed by atoms with Crippen molar-refractivity contribution in [3.63, 3.8) is 0 Å². The molecule has 0 radical (unpaired) electrons. The minimum atomic E-state index is 0.312. The van der Waals surface area contributed by atoms with Gasteiger partial charge in [-0.25, -0.2) is 9.67 Å². The molecule has 4 nitrogen and oxygen atoms in total. The zero-order valence-electron chi connectivity index (χ0n) is 7.73. The monoisotopic (exact) mass is 176 g/mol. The highest BCUT2D eigenvalue weighted by Gasteiger charge is 2.07. The van der Waals surface area contributed by atoms with Gasteiger partial charge in [0.05, 0.1) is 11.6 Å². The predicted octanol–water partition coefficient (Wildman–Crippen LogP) is 1.59. The van der Waals surface area contributed by atoms with E-state index in [0.29, 0.717) is 6.04 Å². The Balaban J connectivity index is 2.75. The summed E-state index contributed by atoms with van der Waals surface area (Å²) in [6, 6.07) is 2.10. The number of rotatable bonds is 1. The van der Waals surface area contributed by atoms with Crippen LogP contribution in [-0.4, -0.2) is 14.8 Å². The molecule has 0 aliphatic rings. The summed E-state index contributed by atoms with van der Waals surface area (Å²) in [6.45, 7) is 4.13. The normalized spacial score (nSPS) is 11.3. The molecule has 0 unspecified atom stereocenters. The second kappa shape index (κ2) is 2.73. The van der Waals surface area contributed by atoms with Crippen molar-refractivity contribution in [1.82, 2.24) is 14.8 Å². The smallest absolute Gasteiger partial charge is 0.160 e. The van der Waals surface area contributed by atoms with Crippen molar-refractivity contribution in [3.8, 4) is 0 Å². The van der Waals surface area contributed by atoms with E-state index in [9.17, 15) is 0 Å². The average Bonchev–Trinajstić information content (AvgIpc) is 2.48. The number of hydrogen-bond acceptors (Lipinski definition) is 3. The highest BCUT2D eigenvalue weighted by atomic mass is 15.3. The molecule has 0 aliphatic carbocycles. The van der Waals surface area contributed by atoms with Crippen LogP contribution in [0.25, 0.3) is 11.0 Å². The summed E-state index contributed by atoms with van der Waals surface area (Å²) >= 11 is 0. The molecule has 2 rings (SSSR count). The van der Waals surface area contributed by atoms with Crippen molar-refractivity contribution in [2.24, 2.45) is 0 Å². The number of pyridine rings is 1. The summed E-state index contributed by atoms with van der Waals surface area (Å²) < 4.78 is 1.87. The standard InChI is InChI=1S/C9H12N4/c1-6(2)13-9-7(5-12-13)8(10)3-4-11-9/h3-6H,1-2H3,(H2,10,11). The van der Waals surface area contributed by atoms with Crippen LogP contribution in [0.3, 0.4) is 0 Å². The molecule has 2 heterocycles. The molecule has 0 atom stereocenters. The molecule has 13 heavy (non-hydrogen) atoms. The number of aromatic nitrogens is 3. The number of anilines is 1. The van der Waals surface area contributed by atoms with E-state index in [1.165, 1.54) is 0 Å². The van der Waals surface area contributed by atoms with Gasteiger partial charge in [-0.3, -0.25) is 0 Å². The summed E-state index contributed by atoms with van der Waals surface area (Å²) in [4.78, 5) is 4.24. The Morgan fingerprint density at radius 3 is 2.92 bits per heavy atom. The Morgan fingerprint density at radius 1 is 1.46 bits per heavy atom. The van der Waals surface area contributed by atoms with Crippen molar-refractivity contribution in [2.75, 3.05) is 5.73 Å². The minimum Gasteiger partial charge on any atom is -0.398 e. The van der Waals surface area contributed by atoms with Crippen LogP contribution in [0.15, 0.2) is 18.5 Å². The van der Waals surface area contributed by atoms with Gasteiger partial charge in [-0.05, 0) is 19.9 Å². The number of nitrogens with zero attached hydrogens (tertiary/aromatic N) is 3. The van der Waals surface area contributed by atoms with Crippen LogP contribution >= 0.6 is 0 Å². The van der Waals surface area contributed by atoms with Crippen molar-refractivity contribution < 1.29 is 0 Å². The molecule has 0 amide bonds. The molecule has 0 fully saturated rings. The molecule has 2 aromatic rings. The third kappa shape index (κ3) is 1.14. The van der Waals surface area contributed by atoms with Crippen LogP contribution in [-0.2, 0) is 0 Å². The average molecular weight is 176 g/mol. The number of hydrogen-bond donors (Lipinski definition) is 1. The summed E-state index contributed by atoms with van der Waals surface area (Å²) in [5.74, 6) is 0. The molecule has 0 spiro atoms. The van der Waals surface area contributed by atoms with Gasteiger partial charge in [-0.15, -0.1) is 0 Å². The third-order valence-corrected chi connectivity index (χ3v) is 2.02. The van der Waals surface area contributed by atoms with Crippen molar-refractivity contribution in [3.05, 3.63) is 18.5 Å². The first-order valence-corrected chi connectivity index (χ1v) is 4.28. The molecule has 0 aliphatic heterocycles. The van der Waals surface area contributed by atoms with Gasteiger partial charge in [0.1, 0.15) is 0 Å². The van der Waals surface area contributed by atoms with Crippen LogP contribution in [0.1, 0.15) is 19.9 Å². The first-order chi connectivity index (χ1) is 6.20. The molecule has 68 valence electrons. The quantitative estimate of drug-likeness (QED) is 0.717. The molecule has 0 saturated heterocycles. The first kappa shape index (κ1) is 8.04. The molecule has 0 saturated carbocycles. The van der Waals surface area contributed by atoms with Crippen LogP contribution in [0.4, 0.5) is 5.69 Å². The maximum absolute atomic E-state index is 5.78. The molecule has 2 aromatic heterocycles. The van der Waals surface area contributed by atoms with Crippen molar-refractivity contribution in [1.29, 1.82) is 0 Å². The summed E-state index contributed by atoms with van der Waals surface area (Å²) in [5.41, 5.74) is 7.37.